The number of carbonyl (C=O) groups excluding carboxylic acids is 1. The van der Waals surface area contributed by atoms with Crippen molar-refractivity contribution >= 4 is 5.97 Å². The molecule has 2 aromatic carbocycles. The molecule has 2 rings (SSSR count). The van der Waals surface area contributed by atoms with Crippen molar-refractivity contribution in [2.75, 3.05) is 13.2 Å². The molecular weight excluding hydrogens is 308 g/mol. The van der Waals surface area contributed by atoms with Crippen molar-refractivity contribution < 1.29 is 19.0 Å². The van der Waals surface area contributed by atoms with Gasteiger partial charge in [0.1, 0.15) is 5.75 Å². The number of hydrogen-bond donors (Lipinski definition) is 0. The van der Waals surface area contributed by atoms with Crippen LogP contribution in [-0.2, 0) is 4.79 Å². The molecule has 0 atom stereocenters. The van der Waals surface area contributed by atoms with Gasteiger partial charge in [0.15, 0.2) is 18.1 Å². The van der Waals surface area contributed by atoms with E-state index in [9.17, 15) is 4.79 Å². The zero-order valence-electron chi connectivity index (χ0n) is 13.0. The number of nitrogens with zero attached hydrogens (tertiary/aromatic N) is 2. The number of rotatable bonds is 6. The molecule has 0 fully saturated rings. The first-order chi connectivity index (χ1) is 11.7. The van der Waals surface area contributed by atoms with E-state index in [1.54, 1.807) is 31.2 Å². The number of carbonyl (C=O) groups is 1. The van der Waals surface area contributed by atoms with Crippen LogP contribution >= 0.6 is 0 Å². The van der Waals surface area contributed by atoms with Crippen LogP contribution in [0.4, 0.5) is 0 Å². The van der Waals surface area contributed by atoms with Crippen molar-refractivity contribution in [2.24, 2.45) is 0 Å². The third-order valence-electron chi connectivity index (χ3n) is 2.94. The maximum Gasteiger partial charge on any atom is 0.349 e. The van der Waals surface area contributed by atoms with Crippen LogP contribution < -0.4 is 14.2 Å². The van der Waals surface area contributed by atoms with E-state index in [1.807, 2.05) is 12.1 Å². The smallest absolute Gasteiger partial charge is 0.349 e. The second-order valence-electron chi connectivity index (χ2n) is 4.61. The summed E-state index contributed by atoms with van der Waals surface area (Å²) >= 11 is 0. The highest BCUT2D eigenvalue weighted by Gasteiger charge is 2.12. The van der Waals surface area contributed by atoms with Crippen LogP contribution in [-0.4, -0.2) is 19.2 Å². The van der Waals surface area contributed by atoms with Crippen molar-refractivity contribution in [3.63, 3.8) is 0 Å². The summed E-state index contributed by atoms with van der Waals surface area (Å²) in [5.41, 5.74) is 0.913. The Morgan fingerprint density at radius 1 is 0.958 bits per heavy atom. The molecule has 120 valence electrons. The lowest BCUT2D eigenvalue weighted by molar-refractivity contribution is -0.136. The van der Waals surface area contributed by atoms with Crippen LogP contribution in [0.3, 0.4) is 0 Å². The van der Waals surface area contributed by atoms with Crippen LogP contribution in [0.2, 0.25) is 0 Å². The van der Waals surface area contributed by atoms with E-state index in [1.165, 1.54) is 18.2 Å². The van der Waals surface area contributed by atoms with Gasteiger partial charge in [0, 0.05) is 6.07 Å². The summed E-state index contributed by atoms with van der Waals surface area (Å²) < 4.78 is 15.9. The zero-order chi connectivity index (χ0) is 17.4. The Morgan fingerprint density at radius 3 is 2.25 bits per heavy atom. The van der Waals surface area contributed by atoms with E-state index < -0.39 is 5.97 Å². The fraction of sp³-hybridized carbons (Fsp3) is 0.167. The van der Waals surface area contributed by atoms with Crippen LogP contribution in [0.5, 0.6) is 17.2 Å². The van der Waals surface area contributed by atoms with E-state index in [0.29, 0.717) is 29.2 Å². The third-order valence-corrected chi connectivity index (χ3v) is 2.94. The highest BCUT2D eigenvalue weighted by Crippen LogP contribution is 2.28. The minimum absolute atomic E-state index is 0.226. The third kappa shape index (κ3) is 4.49. The zero-order valence-corrected chi connectivity index (χ0v) is 13.0. The lowest BCUT2D eigenvalue weighted by atomic mass is 10.2. The first-order valence-electron chi connectivity index (χ1n) is 7.17. The molecule has 0 aromatic heterocycles. The number of hydrogen-bond acceptors (Lipinski definition) is 6. The number of esters is 1. The van der Waals surface area contributed by atoms with E-state index in [0.717, 1.165) is 0 Å². The molecule has 2 aromatic rings. The van der Waals surface area contributed by atoms with Gasteiger partial charge < -0.3 is 14.2 Å². The molecule has 0 aliphatic rings. The Labute approximate surface area is 139 Å². The fourth-order valence-electron chi connectivity index (χ4n) is 1.85. The van der Waals surface area contributed by atoms with Gasteiger partial charge in [-0.25, -0.2) is 4.79 Å². The van der Waals surface area contributed by atoms with Crippen LogP contribution in [0.25, 0.3) is 0 Å². The van der Waals surface area contributed by atoms with E-state index in [4.69, 9.17) is 24.7 Å². The summed E-state index contributed by atoms with van der Waals surface area (Å²) in [6.07, 6.45) is 0. The molecular formula is C18H14N2O4. The van der Waals surface area contributed by atoms with Crippen LogP contribution in [0.1, 0.15) is 18.1 Å². The standard InChI is InChI=1S/C18H14N2O4/c1-2-22-17-9-14(11-20)5-8-16(17)24-18(21)12-23-15-6-3-13(10-19)4-7-15/h3-9H,2,12H2,1H3. The van der Waals surface area contributed by atoms with Crippen LogP contribution in [0, 0.1) is 22.7 Å². The van der Waals surface area contributed by atoms with Gasteiger partial charge in [0.05, 0.1) is 29.9 Å². The minimum Gasteiger partial charge on any atom is -0.490 e. The van der Waals surface area contributed by atoms with Gasteiger partial charge in [-0.1, -0.05) is 0 Å². The van der Waals surface area contributed by atoms with E-state index >= 15 is 0 Å². The van der Waals surface area contributed by atoms with Gasteiger partial charge in [-0.3, -0.25) is 0 Å². The molecule has 0 amide bonds. The molecule has 0 aliphatic carbocycles. The summed E-state index contributed by atoms with van der Waals surface area (Å²) in [7, 11) is 0. The Hall–Kier alpha value is -3.51. The van der Waals surface area contributed by atoms with Crippen molar-refractivity contribution in [3.05, 3.63) is 53.6 Å². The highest BCUT2D eigenvalue weighted by molar-refractivity contribution is 5.75. The lowest BCUT2D eigenvalue weighted by Crippen LogP contribution is -2.18. The topological polar surface area (TPSA) is 92.3 Å². The molecule has 6 heteroatoms. The molecule has 0 unspecified atom stereocenters. The van der Waals surface area contributed by atoms with Gasteiger partial charge in [-0.2, -0.15) is 10.5 Å². The first-order valence-corrected chi connectivity index (χ1v) is 7.17. The van der Waals surface area contributed by atoms with E-state index in [2.05, 4.69) is 0 Å². The van der Waals surface area contributed by atoms with Crippen molar-refractivity contribution in [1.29, 1.82) is 10.5 Å². The maximum atomic E-state index is 11.9. The van der Waals surface area contributed by atoms with E-state index in [-0.39, 0.29) is 12.4 Å². The van der Waals surface area contributed by atoms with Gasteiger partial charge in [-0.05, 0) is 43.3 Å². The number of ether oxygens (including phenoxy) is 3. The molecule has 0 heterocycles. The van der Waals surface area contributed by atoms with Gasteiger partial charge in [-0.15, -0.1) is 0 Å². The average molecular weight is 322 g/mol. The molecule has 0 aliphatic heterocycles. The average Bonchev–Trinajstić information content (AvgIpc) is 2.62. The highest BCUT2D eigenvalue weighted by atomic mass is 16.6. The molecule has 0 saturated carbocycles. The second-order valence-corrected chi connectivity index (χ2v) is 4.61. The number of nitriles is 2. The largest absolute Gasteiger partial charge is 0.490 e. The Balaban J connectivity index is 1.99. The molecule has 0 spiro atoms. The van der Waals surface area contributed by atoms with Gasteiger partial charge >= 0.3 is 5.97 Å². The Kier molecular flexibility index (Phi) is 5.76. The summed E-state index contributed by atoms with van der Waals surface area (Å²) in [5.74, 6) is 0.397. The predicted octanol–water partition coefficient (Wildman–Crippen LogP) is 2.81. The fourth-order valence-corrected chi connectivity index (χ4v) is 1.85. The van der Waals surface area contributed by atoms with Crippen molar-refractivity contribution in [2.45, 2.75) is 6.92 Å². The quantitative estimate of drug-likeness (QED) is 0.600. The normalized spacial score (nSPS) is 9.46. The molecule has 0 saturated heterocycles. The SMILES string of the molecule is CCOc1cc(C#N)ccc1OC(=O)COc1ccc(C#N)cc1. The monoisotopic (exact) mass is 322 g/mol. The Morgan fingerprint density at radius 2 is 1.62 bits per heavy atom. The number of benzene rings is 2. The molecule has 0 bridgehead atoms. The predicted molar refractivity (Wildman–Crippen MR) is 84.6 cm³/mol. The summed E-state index contributed by atoms with van der Waals surface area (Å²) in [5, 5.41) is 17.6. The molecule has 6 nitrogen and oxygen atoms in total. The Bertz CT molecular complexity index is 801. The second kappa shape index (κ2) is 8.21. The summed E-state index contributed by atoms with van der Waals surface area (Å²) in [6.45, 7) is 1.87. The molecule has 0 radical (unpaired) electrons. The van der Waals surface area contributed by atoms with Crippen molar-refractivity contribution in [3.8, 4) is 29.4 Å². The summed E-state index contributed by atoms with van der Waals surface area (Å²) in [4.78, 5) is 11.9. The van der Waals surface area contributed by atoms with Gasteiger partial charge in [0.25, 0.3) is 0 Å². The van der Waals surface area contributed by atoms with Crippen molar-refractivity contribution in [1.82, 2.24) is 0 Å². The lowest BCUT2D eigenvalue weighted by Gasteiger charge is -2.11. The van der Waals surface area contributed by atoms with Gasteiger partial charge in [0.2, 0.25) is 0 Å². The maximum absolute atomic E-state index is 11.9. The first kappa shape index (κ1) is 16.9. The minimum atomic E-state index is -0.606. The molecule has 24 heavy (non-hydrogen) atoms. The summed E-state index contributed by atoms with van der Waals surface area (Å²) in [6, 6.07) is 14.9. The molecule has 0 N–H and O–H groups in total. The van der Waals surface area contributed by atoms with Crippen LogP contribution in [0.15, 0.2) is 42.5 Å².